The molecule has 5 heteroatoms. The molecular weight excluding hydrogens is 406 g/mol. The molecule has 4 rings (SSSR count). The number of thioether (sulfide) groups is 1. The zero-order valence-corrected chi connectivity index (χ0v) is 18.3. The van der Waals surface area contributed by atoms with Gasteiger partial charge in [0, 0.05) is 18.7 Å². The number of hydrogen-bond donors (Lipinski definition) is 1. The summed E-state index contributed by atoms with van der Waals surface area (Å²) in [6.45, 7) is 2.36. The Balaban J connectivity index is 1.49. The van der Waals surface area contributed by atoms with Crippen LogP contribution in [0.2, 0.25) is 0 Å². The number of anilines is 1. The second kappa shape index (κ2) is 10.4. The van der Waals surface area contributed by atoms with Crippen molar-refractivity contribution < 1.29 is 14.6 Å². The molecule has 3 aromatic carbocycles. The summed E-state index contributed by atoms with van der Waals surface area (Å²) in [7, 11) is 0. The van der Waals surface area contributed by atoms with Crippen LogP contribution in [0.1, 0.15) is 28.4 Å². The SMILES string of the molecule is O=C(O)CCc1cccc2c1N(CCSC(c1ccccc1)c1ccccc1)CCO2. The number of hydrogen-bond acceptors (Lipinski definition) is 4. The first kappa shape index (κ1) is 21.3. The van der Waals surface area contributed by atoms with Crippen LogP contribution in [0, 0.1) is 0 Å². The number of carbonyl (C=O) groups is 1. The van der Waals surface area contributed by atoms with Gasteiger partial charge in [0.1, 0.15) is 12.4 Å². The molecule has 31 heavy (non-hydrogen) atoms. The Morgan fingerprint density at radius 2 is 1.65 bits per heavy atom. The summed E-state index contributed by atoms with van der Waals surface area (Å²) >= 11 is 1.94. The largest absolute Gasteiger partial charge is 0.490 e. The van der Waals surface area contributed by atoms with Crippen LogP contribution < -0.4 is 9.64 Å². The molecule has 0 aliphatic carbocycles. The van der Waals surface area contributed by atoms with Gasteiger partial charge >= 0.3 is 5.97 Å². The van der Waals surface area contributed by atoms with Crippen molar-refractivity contribution in [3.05, 3.63) is 95.6 Å². The zero-order chi connectivity index (χ0) is 21.5. The Kier molecular flexibility index (Phi) is 7.15. The first-order valence-electron chi connectivity index (χ1n) is 10.7. The Morgan fingerprint density at radius 1 is 0.968 bits per heavy atom. The normalized spacial score (nSPS) is 13.0. The van der Waals surface area contributed by atoms with E-state index >= 15 is 0 Å². The summed E-state index contributed by atoms with van der Waals surface area (Å²) in [5.74, 6) is 1.05. The van der Waals surface area contributed by atoms with E-state index in [0.29, 0.717) is 13.0 Å². The molecule has 1 aliphatic heterocycles. The van der Waals surface area contributed by atoms with E-state index in [2.05, 4.69) is 65.6 Å². The molecule has 4 nitrogen and oxygen atoms in total. The quantitative estimate of drug-likeness (QED) is 0.488. The number of aryl methyl sites for hydroxylation is 1. The van der Waals surface area contributed by atoms with Gasteiger partial charge in [0.2, 0.25) is 0 Å². The minimum absolute atomic E-state index is 0.128. The lowest BCUT2D eigenvalue weighted by atomic mass is 10.0. The third-order valence-electron chi connectivity index (χ3n) is 5.48. The topological polar surface area (TPSA) is 49.8 Å². The van der Waals surface area contributed by atoms with Gasteiger partial charge in [-0.3, -0.25) is 4.79 Å². The highest BCUT2D eigenvalue weighted by molar-refractivity contribution is 7.99. The van der Waals surface area contributed by atoms with Crippen LogP contribution in [-0.2, 0) is 11.2 Å². The van der Waals surface area contributed by atoms with Gasteiger partial charge in [-0.1, -0.05) is 72.8 Å². The number of para-hydroxylation sites is 1. The molecule has 160 valence electrons. The Labute approximate surface area is 187 Å². The number of carboxylic acid groups (broad SMARTS) is 1. The van der Waals surface area contributed by atoms with Crippen LogP contribution in [0.3, 0.4) is 0 Å². The maximum atomic E-state index is 11.1. The summed E-state index contributed by atoms with van der Waals surface area (Å²) in [5.41, 5.74) is 4.73. The number of ether oxygens (including phenoxy) is 1. The van der Waals surface area contributed by atoms with Crippen LogP contribution in [-0.4, -0.2) is 36.5 Å². The van der Waals surface area contributed by atoms with Crippen LogP contribution >= 0.6 is 11.8 Å². The molecule has 0 aromatic heterocycles. The molecule has 0 unspecified atom stereocenters. The van der Waals surface area contributed by atoms with Crippen molar-refractivity contribution in [3.63, 3.8) is 0 Å². The highest BCUT2D eigenvalue weighted by atomic mass is 32.2. The lowest BCUT2D eigenvalue weighted by Crippen LogP contribution is -2.35. The summed E-state index contributed by atoms with van der Waals surface area (Å²) < 4.78 is 5.87. The van der Waals surface area contributed by atoms with Crippen LogP contribution in [0.25, 0.3) is 0 Å². The third-order valence-corrected chi connectivity index (χ3v) is 6.77. The van der Waals surface area contributed by atoms with Crippen LogP contribution in [0.5, 0.6) is 5.75 Å². The average Bonchev–Trinajstić information content (AvgIpc) is 2.81. The number of benzene rings is 3. The van der Waals surface area contributed by atoms with Gasteiger partial charge < -0.3 is 14.7 Å². The van der Waals surface area contributed by atoms with E-state index in [1.165, 1.54) is 11.1 Å². The van der Waals surface area contributed by atoms with Gasteiger partial charge in [-0.05, 0) is 29.2 Å². The fourth-order valence-electron chi connectivity index (χ4n) is 4.01. The van der Waals surface area contributed by atoms with E-state index in [-0.39, 0.29) is 11.7 Å². The molecule has 3 aromatic rings. The molecule has 0 saturated heterocycles. The molecule has 1 N–H and O–H groups in total. The second-order valence-electron chi connectivity index (χ2n) is 7.57. The number of rotatable bonds is 9. The molecule has 0 atom stereocenters. The maximum Gasteiger partial charge on any atom is 0.303 e. The molecule has 0 radical (unpaired) electrons. The van der Waals surface area contributed by atoms with E-state index in [9.17, 15) is 4.79 Å². The van der Waals surface area contributed by atoms with Crippen molar-refractivity contribution in [1.82, 2.24) is 0 Å². The number of carboxylic acids is 1. The van der Waals surface area contributed by atoms with Gasteiger partial charge in [-0.15, -0.1) is 11.8 Å². The van der Waals surface area contributed by atoms with Crippen LogP contribution in [0.4, 0.5) is 5.69 Å². The lowest BCUT2D eigenvalue weighted by Gasteiger charge is -2.33. The molecular formula is C26H27NO3S. The average molecular weight is 434 g/mol. The first-order valence-corrected chi connectivity index (χ1v) is 11.7. The van der Waals surface area contributed by atoms with Gasteiger partial charge in [-0.2, -0.15) is 0 Å². The van der Waals surface area contributed by atoms with Crippen molar-refractivity contribution in [2.75, 3.05) is 30.3 Å². The zero-order valence-electron chi connectivity index (χ0n) is 17.4. The van der Waals surface area contributed by atoms with Crippen molar-refractivity contribution in [3.8, 4) is 5.75 Å². The van der Waals surface area contributed by atoms with Gasteiger partial charge in [0.05, 0.1) is 17.5 Å². The number of nitrogens with zero attached hydrogens (tertiary/aromatic N) is 1. The predicted molar refractivity (Wildman–Crippen MR) is 127 cm³/mol. The molecule has 0 saturated carbocycles. The minimum atomic E-state index is -0.773. The van der Waals surface area contributed by atoms with Crippen LogP contribution in [0.15, 0.2) is 78.9 Å². The Hall–Kier alpha value is -2.92. The van der Waals surface area contributed by atoms with E-state index in [0.717, 1.165) is 35.8 Å². The number of fused-ring (bicyclic) bond motifs is 1. The summed E-state index contributed by atoms with van der Waals surface area (Å²) in [5, 5.41) is 9.40. The summed E-state index contributed by atoms with van der Waals surface area (Å²) in [6.07, 6.45) is 0.644. The van der Waals surface area contributed by atoms with E-state index in [1.54, 1.807) is 0 Å². The van der Waals surface area contributed by atoms with Gasteiger partial charge in [0.15, 0.2) is 0 Å². The molecule has 1 heterocycles. The fraction of sp³-hybridized carbons (Fsp3) is 0.269. The summed E-state index contributed by atoms with van der Waals surface area (Å²) in [6, 6.07) is 27.2. The number of aliphatic carboxylic acids is 1. The standard InChI is InChI=1S/C26H27NO3S/c28-24(29)15-14-20-12-7-13-23-25(20)27(16-18-30-23)17-19-31-26(21-8-3-1-4-9-21)22-10-5-2-6-11-22/h1-13,26H,14-19H2,(H,28,29). The summed E-state index contributed by atoms with van der Waals surface area (Å²) in [4.78, 5) is 13.4. The lowest BCUT2D eigenvalue weighted by molar-refractivity contribution is -0.136. The van der Waals surface area contributed by atoms with Crippen molar-refractivity contribution in [2.24, 2.45) is 0 Å². The Bertz CT molecular complexity index is 955. The molecule has 0 amide bonds. The van der Waals surface area contributed by atoms with E-state index in [1.807, 2.05) is 30.0 Å². The van der Waals surface area contributed by atoms with Crippen molar-refractivity contribution >= 4 is 23.4 Å². The fourth-order valence-corrected chi connectivity index (χ4v) is 5.27. The minimum Gasteiger partial charge on any atom is -0.490 e. The maximum absolute atomic E-state index is 11.1. The van der Waals surface area contributed by atoms with Crippen molar-refractivity contribution in [2.45, 2.75) is 18.1 Å². The highest BCUT2D eigenvalue weighted by Gasteiger charge is 2.22. The smallest absolute Gasteiger partial charge is 0.303 e. The molecule has 0 bridgehead atoms. The van der Waals surface area contributed by atoms with Gasteiger partial charge in [-0.25, -0.2) is 0 Å². The monoisotopic (exact) mass is 433 g/mol. The third kappa shape index (κ3) is 5.42. The predicted octanol–water partition coefficient (Wildman–Crippen LogP) is 5.43. The highest BCUT2D eigenvalue weighted by Crippen LogP contribution is 2.38. The van der Waals surface area contributed by atoms with E-state index < -0.39 is 5.97 Å². The molecule has 0 fully saturated rings. The van der Waals surface area contributed by atoms with Crippen molar-refractivity contribution in [1.29, 1.82) is 0 Å². The van der Waals surface area contributed by atoms with Gasteiger partial charge in [0.25, 0.3) is 0 Å². The van der Waals surface area contributed by atoms with E-state index in [4.69, 9.17) is 9.84 Å². The second-order valence-corrected chi connectivity index (χ2v) is 8.78. The molecule has 1 aliphatic rings. The Morgan fingerprint density at radius 3 is 2.29 bits per heavy atom. The molecule has 0 spiro atoms. The first-order chi connectivity index (χ1) is 15.2.